The molecule has 0 aliphatic heterocycles. The van der Waals surface area contributed by atoms with E-state index in [4.69, 9.17) is 15.0 Å². The van der Waals surface area contributed by atoms with Gasteiger partial charge in [-0.1, -0.05) is 121 Å². The zero-order valence-corrected chi connectivity index (χ0v) is 33.1. The molecule has 0 N–H and O–H groups in total. The van der Waals surface area contributed by atoms with E-state index in [-0.39, 0.29) is 0 Å². The van der Waals surface area contributed by atoms with Gasteiger partial charge in [0.2, 0.25) is 0 Å². The summed E-state index contributed by atoms with van der Waals surface area (Å²) in [5, 5.41) is 12.1. The number of thiophene rings is 2. The van der Waals surface area contributed by atoms with Gasteiger partial charge in [0.05, 0.1) is 11.0 Å². The van der Waals surface area contributed by atoms with Crippen LogP contribution in [0.15, 0.2) is 182 Å². The van der Waals surface area contributed by atoms with E-state index >= 15 is 0 Å². The van der Waals surface area contributed by atoms with E-state index < -0.39 is 0 Å². The minimum absolute atomic E-state index is 0.639. The Balaban J connectivity index is 1.10. The van der Waals surface area contributed by atoms with E-state index in [1.54, 1.807) is 0 Å². The molecule has 0 atom stereocenters. The second kappa shape index (κ2) is 12.6. The van der Waals surface area contributed by atoms with Crippen molar-refractivity contribution in [2.24, 2.45) is 0 Å². The Morgan fingerprint density at radius 2 is 0.763 bits per heavy atom. The van der Waals surface area contributed by atoms with Gasteiger partial charge < -0.3 is 4.57 Å². The molecule has 59 heavy (non-hydrogen) atoms. The highest BCUT2D eigenvalue weighted by atomic mass is 32.1. The summed E-state index contributed by atoms with van der Waals surface area (Å²) in [7, 11) is 0. The lowest BCUT2D eigenvalue weighted by Gasteiger charge is -2.13. The number of aromatic nitrogens is 4. The lowest BCUT2D eigenvalue weighted by Crippen LogP contribution is -2.01. The molecular weight excluding hydrogens is 757 g/mol. The van der Waals surface area contributed by atoms with Crippen LogP contribution in [0.25, 0.3) is 124 Å². The van der Waals surface area contributed by atoms with Crippen molar-refractivity contribution in [1.82, 2.24) is 19.5 Å². The Morgan fingerprint density at radius 3 is 1.27 bits per heavy atom. The molecule has 13 rings (SSSR count). The minimum Gasteiger partial charge on any atom is -0.309 e. The molecule has 0 bridgehead atoms. The van der Waals surface area contributed by atoms with E-state index in [1.165, 1.54) is 72.9 Å². The van der Waals surface area contributed by atoms with E-state index in [9.17, 15) is 0 Å². The van der Waals surface area contributed by atoms with Crippen LogP contribution in [0.4, 0.5) is 0 Å². The van der Waals surface area contributed by atoms with E-state index in [0.717, 1.165) is 33.2 Å². The zero-order valence-electron chi connectivity index (χ0n) is 31.4. The highest BCUT2D eigenvalue weighted by Gasteiger charge is 2.22. The summed E-state index contributed by atoms with van der Waals surface area (Å²) >= 11 is 3.67. The molecule has 6 heteroatoms. The molecule has 0 amide bonds. The standard InChI is InChI=1S/C53H30N4S2/c1-3-15-35-32(13-1)29-41(47-39-19-7-11-23-45(39)58-49(35)47)52-54-51(31-25-27-34(28-26-31)57-43-21-9-5-17-37(43)38-18-6-10-22-44(38)57)55-53(56-52)42-30-33-14-2-4-16-36(33)50-48(42)40-20-8-12-24-46(40)59-50/h1-30H. The first-order valence-corrected chi connectivity index (χ1v) is 21.4. The fraction of sp³-hybridized carbons (Fsp3) is 0. The van der Waals surface area contributed by atoms with Crippen molar-refractivity contribution in [3.8, 4) is 39.9 Å². The maximum atomic E-state index is 5.50. The smallest absolute Gasteiger partial charge is 0.164 e. The van der Waals surface area contributed by atoms with Gasteiger partial charge in [0.25, 0.3) is 0 Å². The van der Waals surface area contributed by atoms with Crippen LogP contribution < -0.4 is 0 Å². The molecule has 0 saturated heterocycles. The first kappa shape index (κ1) is 32.8. The summed E-state index contributed by atoms with van der Waals surface area (Å²) in [6.45, 7) is 0. The molecule has 0 spiro atoms. The minimum atomic E-state index is 0.639. The summed E-state index contributed by atoms with van der Waals surface area (Å²) in [6, 6.07) is 65.3. The molecule has 9 aromatic carbocycles. The molecule has 13 aromatic rings. The lowest BCUT2D eigenvalue weighted by molar-refractivity contribution is 1.08. The van der Waals surface area contributed by atoms with Crippen molar-refractivity contribution in [3.63, 3.8) is 0 Å². The Hall–Kier alpha value is -7.25. The molecule has 0 saturated carbocycles. The second-order valence-corrected chi connectivity index (χ2v) is 17.2. The van der Waals surface area contributed by atoms with E-state index in [1.807, 2.05) is 22.7 Å². The molecule has 0 radical (unpaired) electrons. The lowest BCUT2D eigenvalue weighted by atomic mass is 9.98. The van der Waals surface area contributed by atoms with Gasteiger partial charge in [-0.3, -0.25) is 0 Å². The number of hydrogen-bond acceptors (Lipinski definition) is 5. The maximum Gasteiger partial charge on any atom is 0.164 e. The fourth-order valence-corrected chi connectivity index (χ4v) is 11.7. The first-order valence-electron chi connectivity index (χ1n) is 19.8. The average Bonchev–Trinajstić information content (AvgIpc) is 3.99. The molecule has 4 aromatic heterocycles. The number of fused-ring (bicyclic) bond motifs is 13. The second-order valence-electron chi connectivity index (χ2n) is 15.1. The Labute approximate surface area is 345 Å². The topological polar surface area (TPSA) is 43.6 Å². The van der Waals surface area contributed by atoms with Crippen LogP contribution in [0.1, 0.15) is 0 Å². The van der Waals surface area contributed by atoms with Crippen LogP contribution in [0.5, 0.6) is 0 Å². The SMILES string of the molecule is c1ccc2c(c1)cc(-c1nc(-c3ccc(-n4c5ccccc5c5ccccc54)cc3)nc(-c3cc4ccccc4c4sc5ccccc5c34)n1)c1c3ccccc3sc21. The van der Waals surface area contributed by atoms with Crippen molar-refractivity contribution in [2.45, 2.75) is 0 Å². The van der Waals surface area contributed by atoms with Gasteiger partial charge in [0, 0.05) is 73.5 Å². The normalized spacial score (nSPS) is 12.1. The summed E-state index contributed by atoms with van der Waals surface area (Å²) in [6.07, 6.45) is 0. The number of hydrogen-bond donors (Lipinski definition) is 0. The molecule has 274 valence electrons. The van der Waals surface area contributed by atoms with Gasteiger partial charge in [-0.05, 0) is 82.2 Å². The van der Waals surface area contributed by atoms with Crippen LogP contribution >= 0.6 is 22.7 Å². The third-order valence-electron chi connectivity index (χ3n) is 11.8. The molecule has 0 aliphatic rings. The van der Waals surface area contributed by atoms with Crippen LogP contribution in [-0.2, 0) is 0 Å². The predicted octanol–water partition coefficient (Wildman–Crippen LogP) is 15.0. The number of para-hydroxylation sites is 2. The summed E-state index contributed by atoms with van der Waals surface area (Å²) in [5.74, 6) is 1.97. The predicted molar refractivity (Wildman–Crippen MR) is 251 cm³/mol. The molecule has 0 unspecified atom stereocenters. The number of benzene rings is 9. The molecule has 4 nitrogen and oxygen atoms in total. The third-order valence-corrected chi connectivity index (χ3v) is 14.2. The van der Waals surface area contributed by atoms with Crippen LogP contribution in [-0.4, -0.2) is 19.5 Å². The molecule has 0 aliphatic carbocycles. The zero-order chi connectivity index (χ0) is 38.6. The average molecular weight is 787 g/mol. The Kier molecular flexibility index (Phi) is 7.02. The summed E-state index contributed by atoms with van der Waals surface area (Å²) in [4.78, 5) is 16.3. The summed E-state index contributed by atoms with van der Waals surface area (Å²) < 4.78 is 7.33. The van der Waals surface area contributed by atoms with Crippen LogP contribution in [0.3, 0.4) is 0 Å². The van der Waals surface area contributed by atoms with Crippen LogP contribution in [0.2, 0.25) is 0 Å². The van der Waals surface area contributed by atoms with Crippen molar-refractivity contribution < 1.29 is 0 Å². The van der Waals surface area contributed by atoms with Gasteiger partial charge in [-0.2, -0.15) is 0 Å². The van der Waals surface area contributed by atoms with Gasteiger partial charge >= 0.3 is 0 Å². The van der Waals surface area contributed by atoms with Gasteiger partial charge in [-0.25, -0.2) is 15.0 Å². The molecule has 4 heterocycles. The quantitative estimate of drug-likeness (QED) is 0.178. The number of nitrogens with zero attached hydrogens (tertiary/aromatic N) is 4. The molecule has 0 fully saturated rings. The summed E-state index contributed by atoms with van der Waals surface area (Å²) in [5.41, 5.74) is 6.39. The fourth-order valence-electron chi connectivity index (χ4n) is 9.18. The van der Waals surface area contributed by atoms with E-state index in [0.29, 0.717) is 17.5 Å². The van der Waals surface area contributed by atoms with Gasteiger partial charge in [0.15, 0.2) is 17.5 Å². The maximum absolute atomic E-state index is 5.50. The largest absolute Gasteiger partial charge is 0.309 e. The first-order chi connectivity index (χ1) is 29.2. The Bertz CT molecular complexity index is 3630. The van der Waals surface area contributed by atoms with Crippen LogP contribution in [0, 0.1) is 0 Å². The Morgan fingerprint density at radius 1 is 0.356 bits per heavy atom. The van der Waals surface area contributed by atoms with Crippen molar-refractivity contribution in [1.29, 1.82) is 0 Å². The molecular formula is C53H30N4S2. The van der Waals surface area contributed by atoms with Gasteiger partial charge in [-0.15, -0.1) is 22.7 Å². The number of rotatable bonds is 4. The van der Waals surface area contributed by atoms with E-state index in [2.05, 4.69) is 187 Å². The third kappa shape index (κ3) is 4.91. The van der Waals surface area contributed by atoms with Crippen molar-refractivity contribution >= 4 is 106 Å². The highest BCUT2D eigenvalue weighted by molar-refractivity contribution is 7.27. The van der Waals surface area contributed by atoms with Crippen molar-refractivity contribution in [3.05, 3.63) is 182 Å². The van der Waals surface area contributed by atoms with Gasteiger partial charge in [0.1, 0.15) is 0 Å². The van der Waals surface area contributed by atoms with Crippen molar-refractivity contribution in [2.75, 3.05) is 0 Å². The highest BCUT2D eigenvalue weighted by Crippen LogP contribution is 2.46. The monoisotopic (exact) mass is 786 g/mol.